The van der Waals surface area contributed by atoms with Gasteiger partial charge in [-0.05, 0) is 97.7 Å². The molecule has 0 amide bonds. The monoisotopic (exact) mass is 556 g/mol. The summed E-state index contributed by atoms with van der Waals surface area (Å²) in [6, 6.07) is 10.8. The van der Waals surface area contributed by atoms with Crippen LogP contribution in [-0.2, 0) is 16.1 Å². The number of hydrogen-bond acceptors (Lipinski definition) is 4. The second-order valence-electron chi connectivity index (χ2n) is 11.4. The molecule has 3 aliphatic rings. The smallest absolute Gasteiger partial charge is 0.119 e. The van der Waals surface area contributed by atoms with Gasteiger partial charge in [0, 0.05) is 5.41 Å². The molecule has 0 aromatic heterocycles. The van der Waals surface area contributed by atoms with E-state index in [1.54, 1.807) is 0 Å². The molecule has 2 aromatic rings. The highest BCUT2D eigenvalue weighted by Crippen LogP contribution is 2.35. The predicted octanol–water partition coefficient (Wildman–Crippen LogP) is 9.35. The summed E-state index contributed by atoms with van der Waals surface area (Å²) >= 11 is 0. The fraction of sp³-hybridized carbons (Fsp3) is 0.405. The fourth-order valence-electron chi connectivity index (χ4n) is 4.52. The zero-order chi connectivity index (χ0) is 30.4. The van der Waals surface area contributed by atoms with E-state index in [0.717, 1.165) is 43.3 Å². The molecule has 5 rings (SSSR count). The van der Waals surface area contributed by atoms with Gasteiger partial charge in [0.1, 0.15) is 18.1 Å². The van der Waals surface area contributed by atoms with E-state index >= 15 is 0 Å². The van der Waals surface area contributed by atoms with E-state index in [2.05, 4.69) is 116 Å². The summed E-state index contributed by atoms with van der Waals surface area (Å²) in [4.78, 5) is 0. The van der Waals surface area contributed by atoms with Crippen molar-refractivity contribution in [2.24, 2.45) is 11.3 Å². The lowest BCUT2D eigenvalue weighted by Gasteiger charge is -2.37. The van der Waals surface area contributed by atoms with Gasteiger partial charge in [-0.2, -0.15) is 0 Å². The maximum atomic E-state index is 7.33. The van der Waals surface area contributed by atoms with Crippen LogP contribution in [0.15, 0.2) is 78.8 Å². The first-order valence-electron chi connectivity index (χ1n) is 14.3. The Kier molecular flexibility index (Phi) is 13.5. The Morgan fingerprint density at radius 3 is 2.22 bits per heavy atom. The van der Waals surface area contributed by atoms with Crippen LogP contribution in [0.5, 0.6) is 5.75 Å². The van der Waals surface area contributed by atoms with E-state index in [-0.39, 0.29) is 5.41 Å². The first-order valence-corrected chi connectivity index (χ1v) is 14.3. The van der Waals surface area contributed by atoms with E-state index in [0.29, 0.717) is 13.2 Å². The van der Waals surface area contributed by atoms with Crippen molar-refractivity contribution < 1.29 is 19.3 Å². The Morgan fingerprint density at radius 2 is 1.68 bits per heavy atom. The zero-order valence-electron chi connectivity index (χ0n) is 25.8. The maximum absolute atomic E-state index is 7.33. The SMILES string of the molecule is C#C.C=CO.CC1=CCC=CC(OCc2cccc(-c3c(C)cc(OCC4(C)COC4)cc3C)c2C)=C1.CC1CC1. The third-order valence-electron chi connectivity index (χ3n) is 7.20. The highest BCUT2D eigenvalue weighted by Gasteiger charge is 2.34. The third-order valence-corrected chi connectivity index (χ3v) is 7.20. The number of aliphatic hydroxyl groups excluding tert-OH is 1. The largest absolute Gasteiger partial charge is 0.516 e. The van der Waals surface area contributed by atoms with E-state index in [1.165, 1.54) is 51.8 Å². The summed E-state index contributed by atoms with van der Waals surface area (Å²) < 4.78 is 17.6. The Labute approximate surface area is 248 Å². The van der Waals surface area contributed by atoms with Gasteiger partial charge < -0.3 is 19.3 Å². The predicted molar refractivity (Wildman–Crippen MR) is 172 cm³/mol. The van der Waals surface area contributed by atoms with Crippen LogP contribution in [-0.4, -0.2) is 24.9 Å². The highest BCUT2D eigenvalue weighted by atomic mass is 16.5. The molecule has 0 spiro atoms. The quantitative estimate of drug-likeness (QED) is 0.273. The Hall–Kier alpha value is -3.68. The van der Waals surface area contributed by atoms with Crippen molar-refractivity contribution in [2.75, 3.05) is 19.8 Å². The fourth-order valence-corrected chi connectivity index (χ4v) is 4.52. The average molecular weight is 557 g/mol. The number of allylic oxidation sites excluding steroid dienone is 5. The summed E-state index contributed by atoms with van der Waals surface area (Å²) in [5.74, 6) is 2.94. The molecule has 0 unspecified atom stereocenters. The van der Waals surface area contributed by atoms with Crippen LogP contribution < -0.4 is 4.74 Å². The lowest BCUT2D eigenvalue weighted by molar-refractivity contribution is -0.120. The standard InChI is InChI=1S/C29H34O3.C4H8.C2H4O.C2H2/c1-20-9-6-7-11-25(13-20)31-16-24-10-8-12-27(23(24)4)28-21(2)14-26(15-22(28)3)32-19-29(5)17-30-18-29;1-4-2-3-4;1-2-3;1-2/h7-15H,6,16-19H2,1-5H3;4H,2-3H2,1H3;2-3H,1H2;1-2H. The molecule has 2 aliphatic carbocycles. The Bertz CT molecular complexity index is 1230. The van der Waals surface area contributed by atoms with Gasteiger partial charge in [0.05, 0.1) is 26.1 Å². The average Bonchev–Trinajstić information content (AvgIpc) is 3.74. The van der Waals surface area contributed by atoms with Crippen molar-refractivity contribution in [3.05, 3.63) is 101 Å². The molecule has 0 radical (unpaired) electrons. The molecular weight excluding hydrogens is 508 g/mol. The van der Waals surface area contributed by atoms with Crippen LogP contribution in [0.4, 0.5) is 0 Å². The zero-order valence-corrected chi connectivity index (χ0v) is 25.8. The number of hydrogen-bond donors (Lipinski definition) is 1. The molecule has 4 heteroatoms. The lowest BCUT2D eigenvalue weighted by Crippen LogP contribution is -2.44. The molecular formula is C37H48O4. The van der Waals surface area contributed by atoms with E-state index in [9.17, 15) is 0 Å². The van der Waals surface area contributed by atoms with Gasteiger partial charge in [-0.25, -0.2) is 0 Å². The molecule has 1 heterocycles. The molecule has 2 aromatic carbocycles. The Balaban J connectivity index is 0.000000571. The summed E-state index contributed by atoms with van der Waals surface area (Å²) in [6.07, 6.45) is 21.2. The third kappa shape index (κ3) is 10.7. The Morgan fingerprint density at radius 1 is 1.07 bits per heavy atom. The van der Waals surface area contributed by atoms with Gasteiger partial charge in [-0.3, -0.25) is 0 Å². The molecule has 220 valence electrons. The molecule has 0 bridgehead atoms. The van der Waals surface area contributed by atoms with Gasteiger partial charge in [-0.1, -0.05) is 69.2 Å². The van der Waals surface area contributed by atoms with Gasteiger partial charge >= 0.3 is 0 Å². The minimum Gasteiger partial charge on any atom is -0.516 e. The van der Waals surface area contributed by atoms with Gasteiger partial charge in [0.25, 0.3) is 0 Å². The van der Waals surface area contributed by atoms with Crippen molar-refractivity contribution in [3.63, 3.8) is 0 Å². The first-order chi connectivity index (χ1) is 19.7. The van der Waals surface area contributed by atoms with Crippen LogP contribution in [0.1, 0.15) is 62.3 Å². The van der Waals surface area contributed by atoms with Gasteiger partial charge in [0.15, 0.2) is 0 Å². The number of ether oxygens (including phenoxy) is 3. The minimum atomic E-state index is 0.141. The normalized spacial score (nSPS) is 16.3. The number of benzene rings is 2. The summed E-state index contributed by atoms with van der Waals surface area (Å²) in [5, 5.41) is 7.33. The van der Waals surface area contributed by atoms with Crippen molar-refractivity contribution in [1.82, 2.24) is 0 Å². The van der Waals surface area contributed by atoms with Crippen LogP contribution in [0.3, 0.4) is 0 Å². The molecule has 0 atom stereocenters. The van der Waals surface area contributed by atoms with Crippen molar-refractivity contribution in [3.8, 4) is 29.7 Å². The second-order valence-corrected chi connectivity index (χ2v) is 11.4. The minimum absolute atomic E-state index is 0.141. The topological polar surface area (TPSA) is 47.9 Å². The van der Waals surface area contributed by atoms with E-state index < -0.39 is 0 Å². The van der Waals surface area contributed by atoms with Crippen molar-refractivity contribution in [2.45, 2.75) is 67.4 Å². The molecule has 1 N–H and O–H groups in total. The van der Waals surface area contributed by atoms with Crippen LogP contribution in [0.2, 0.25) is 0 Å². The van der Waals surface area contributed by atoms with Crippen LogP contribution in [0, 0.1) is 45.0 Å². The molecule has 1 aliphatic heterocycles. The van der Waals surface area contributed by atoms with E-state index in [1.807, 2.05) is 0 Å². The second kappa shape index (κ2) is 16.6. The van der Waals surface area contributed by atoms with Crippen molar-refractivity contribution in [1.29, 1.82) is 0 Å². The number of terminal acetylenes is 1. The van der Waals surface area contributed by atoms with Gasteiger partial charge in [-0.15, -0.1) is 12.8 Å². The molecule has 4 nitrogen and oxygen atoms in total. The molecule has 1 saturated heterocycles. The van der Waals surface area contributed by atoms with Gasteiger partial charge in [0.2, 0.25) is 0 Å². The summed E-state index contributed by atoms with van der Waals surface area (Å²) in [5.41, 5.74) is 8.84. The number of rotatable bonds is 7. The first kappa shape index (κ1) is 33.5. The highest BCUT2D eigenvalue weighted by molar-refractivity contribution is 5.75. The summed E-state index contributed by atoms with van der Waals surface area (Å²) in [7, 11) is 0. The molecule has 2 fully saturated rings. The van der Waals surface area contributed by atoms with Crippen molar-refractivity contribution >= 4 is 0 Å². The number of aryl methyl sites for hydroxylation is 2. The van der Waals surface area contributed by atoms with Crippen LogP contribution >= 0.6 is 0 Å². The van der Waals surface area contributed by atoms with Crippen LogP contribution in [0.25, 0.3) is 11.1 Å². The molecule has 41 heavy (non-hydrogen) atoms. The summed E-state index contributed by atoms with van der Waals surface area (Å²) in [6.45, 7) is 18.8. The number of aliphatic hydroxyl groups is 1. The van der Waals surface area contributed by atoms with E-state index in [4.69, 9.17) is 19.3 Å². The maximum Gasteiger partial charge on any atom is 0.119 e. The molecule has 1 saturated carbocycles. The lowest BCUT2D eigenvalue weighted by atomic mass is 9.89.